The SMILES string of the molecule is CNCc1nnc(CCOC)o1. The van der Waals surface area contributed by atoms with Crippen LogP contribution >= 0.6 is 0 Å². The number of rotatable bonds is 5. The number of nitrogens with one attached hydrogen (secondary N) is 1. The summed E-state index contributed by atoms with van der Waals surface area (Å²) in [6.45, 7) is 1.22. The van der Waals surface area contributed by atoms with E-state index >= 15 is 0 Å². The molecule has 0 aliphatic heterocycles. The van der Waals surface area contributed by atoms with Gasteiger partial charge in [-0.1, -0.05) is 0 Å². The van der Waals surface area contributed by atoms with E-state index in [0.717, 1.165) is 0 Å². The van der Waals surface area contributed by atoms with Crippen molar-refractivity contribution in [2.24, 2.45) is 0 Å². The van der Waals surface area contributed by atoms with Crippen molar-refractivity contribution in [3.63, 3.8) is 0 Å². The molecule has 1 aromatic rings. The Hall–Kier alpha value is -0.940. The van der Waals surface area contributed by atoms with Gasteiger partial charge in [-0.2, -0.15) is 0 Å². The average molecular weight is 171 g/mol. The zero-order valence-electron chi connectivity index (χ0n) is 7.33. The number of methoxy groups -OCH3 is 1. The van der Waals surface area contributed by atoms with E-state index in [4.69, 9.17) is 9.15 Å². The first-order valence-corrected chi connectivity index (χ1v) is 3.81. The summed E-state index contributed by atoms with van der Waals surface area (Å²) in [7, 11) is 3.48. The van der Waals surface area contributed by atoms with Crippen LogP contribution in [0.25, 0.3) is 0 Å². The molecule has 0 aliphatic carbocycles. The molecule has 1 heterocycles. The molecule has 0 aromatic carbocycles. The van der Waals surface area contributed by atoms with Gasteiger partial charge in [-0.3, -0.25) is 0 Å². The minimum absolute atomic E-state index is 0.611. The summed E-state index contributed by atoms with van der Waals surface area (Å²) in [4.78, 5) is 0. The van der Waals surface area contributed by atoms with Crippen LogP contribution in [0.3, 0.4) is 0 Å². The van der Waals surface area contributed by atoms with Crippen molar-refractivity contribution in [1.29, 1.82) is 0 Å². The lowest BCUT2D eigenvalue weighted by molar-refractivity contribution is 0.194. The van der Waals surface area contributed by atoms with Crippen molar-refractivity contribution in [3.8, 4) is 0 Å². The molecule has 1 N–H and O–H groups in total. The van der Waals surface area contributed by atoms with E-state index in [9.17, 15) is 0 Å². The third-order valence-electron chi connectivity index (χ3n) is 1.36. The van der Waals surface area contributed by atoms with E-state index in [0.29, 0.717) is 31.4 Å². The number of hydrogen-bond donors (Lipinski definition) is 1. The minimum Gasteiger partial charge on any atom is -0.424 e. The van der Waals surface area contributed by atoms with Crippen LogP contribution in [0.1, 0.15) is 11.8 Å². The molecule has 12 heavy (non-hydrogen) atoms. The first-order valence-electron chi connectivity index (χ1n) is 3.81. The molecule has 0 saturated carbocycles. The Kier molecular flexibility index (Phi) is 3.69. The molecule has 0 atom stereocenters. The molecule has 5 nitrogen and oxygen atoms in total. The van der Waals surface area contributed by atoms with Gasteiger partial charge in [-0.05, 0) is 7.05 Å². The normalized spacial score (nSPS) is 10.5. The van der Waals surface area contributed by atoms with Crippen LogP contribution in [-0.2, 0) is 17.7 Å². The molecule has 0 fully saturated rings. The van der Waals surface area contributed by atoms with Gasteiger partial charge in [0.2, 0.25) is 11.8 Å². The van der Waals surface area contributed by atoms with E-state index < -0.39 is 0 Å². The quantitative estimate of drug-likeness (QED) is 0.674. The van der Waals surface area contributed by atoms with Gasteiger partial charge in [-0.15, -0.1) is 10.2 Å². The molecular weight excluding hydrogens is 158 g/mol. The molecule has 0 saturated heterocycles. The Morgan fingerprint density at radius 3 is 2.83 bits per heavy atom. The Labute approximate surface area is 71.1 Å². The van der Waals surface area contributed by atoms with Crippen molar-refractivity contribution in [3.05, 3.63) is 11.8 Å². The maximum atomic E-state index is 5.26. The van der Waals surface area contributed by atoms with Crippen LogP contribution in [0.5, 0.6) is 0 Å². The van der Waals surface area contributed by atoms with Gasteiger partial charge in [0.25, 0.3) is 0 Å². The number of ether oxygens (including phenoxy) is 1. The van der Waals surface area contributed by atoms with E-state index in [1.165, 1.54) is 0 Å². The first-order chi connectivity index (χ1) is 5.86. The molecule has 0 bridgehead atoms. The fourth-order valence-corrected chi connectivity index (χ4v) is 0.801. The second-order valence-electron chi connectivity index (χ2n) is 2.36. The predicted octanol–water partition coefficient (Wildman–Crippen LogP) is -0.0221. The predicted molar refractivity (Wildman–Crippen MR) is 42.6 cm³/mol. The summed E-state index contributed by atoms with van der Waals surface area (Å²) in [5.74, 6) is 1.24. The summed E-state index contributed by atoms with van der Waals surface area (Å²) in [6, 6.07) is 0. The molecule has 0 aliphatic rings. The van der Waals surface area contributed by atoms with Crippen molar-refractivity contribution in [2.45, 2.75) is 13.0 Å². The maximum absolute atomic E-state index is 5.26. The van der Waals surface area contributed by atoms with Gasteiger partial charge >= 0.3 is 0 Å². The highest BCUT2D eigenvalue weighted by molar-refractivity contribution is 4.81. The smallest absolute Gasteiger partial charge is 0.230 e. The number of nitrogens with zero attached hydrogens (tertiary/aromatic N) is 2. The van der Waals surface area contributed by atoms with Crippen LogP contribution in [0.15, 0.2) is 4.42 Å². The van der Waals surface area contributed by atoms with E-state index in [2.05, 4.69) is 15.5 Å². The van der Waals surface area contributed by atoms with Crippen LogP contribution in [0, 0.1) is 0 Å². The fourth-order valence-electron chi connectivity index (χ4n) is 0.801. The number of aromatic nitrogens is 2. The molecule has 0 radical (unpaired) electrons. The minimum atomic E-state index is 0.611. The average Bonchev–Trinajstić information content (AvgIpc) is 2.50. The fraction of sp³-hybridized carbons (Fsp3) is 0.714. The third kappa shape index (κ3) is 2.60. The highest BCUT2D eigenvalue weighted by Crippen LogP contribution is 1.99. The Balaban J connectivity index is 2.41. The Morgan fingerprint density at radius 2 is 2.17 bits per heavy atom. The zero-order chi connectivity index (χ0) is 8.81. The molecule has 68 valence electrons. The monoisotopic (exact) mass is 171 g/mol. The Bertz CT molecular complexity index is 224. The molecule has 1 rings (SSSR count). The summed E-state index contributed by atoms with van der Waals surface area (Å²) < 4.78 is 10.1. The Morgan fingerprint density at radius 1 is 1.42 bits per heavy atom. The second kappa shape index (κ2) is 4.84. The molecule has 5 heteroatoms. The van der Waals surface area contributed by atoms with Crippen LogP contribution < -0.4 is 5.32 Å². The van der Waals surface area contributed by atoms with Gasteiger partial charge in [-0.25, -0.2) is 0 Å². The second-order valence-corrected chi connectivity index (χ2v) is 2.36. The van der Waals surface area contributed by atoms with E-state index in [1.54, 1.807) is 7.11 Å². The zero-order valence-corrected chi connectivity index (χ0v) is 7.33. The maximum Gasteiger partial charge on any atom is 0.230 e. The topological polar surface area (TPSA) is 60.2 Å². The van der Waals surface area contributed by atoms with Gasteiger partial charge in [0.15, 0.2) is 0 Å². The summed E-state index contributed by atoms with van der Waals surface area (Å²) in [5, 5.41) is 10.6. The van der Waals surface area contributed by atoms with Gasteiger partial charge < -0.3 is 14.5 Å². The third-order valence-corrected chi connectivity index (χ3v) is 1.36. The first kappa shape index (κ1) is 9.15. The lowest BCUT2D eigenvalue weighted by Gasteiger charge is -1.92. The molecule has 0 unspecified atom stereocenters. The van der Waals surface area contributed by atoms with Crippen molar-refractivity contribution in [2.75, 3.05) is 20.8 Å². The van der Waals surface area contributed by atoms with Crippen LogP contribution in [0.2, 0.25) is 0 Å². The largest absolute Gasteiger partial charge is 0.424 e. The summed E-state index contributed by atoms with van der Waals surface area (Å²) in [5.41, 5.74) is 0. The highest BCUT2D eigenvalue weighted by Gasteiger charge is 2.03. The highest BCUT2D eigenvalue weighted by atomic mass is 16.5. The van der Waals surface area contributed by atoms with E-state index in [-0.39, 0.29) is 0 Å². The van der Waals surface area contributed by atoms with Crippen LogP contribution in [-0.4, -0.2) is 31.0 Å². The van der Waals surface area contributed by atoms with Crippen molar-refractivity contribution in [1.82, 2.24) is 15.5 Å². The molecule has 1 aromatic heterocycles. The van der Waals surface area contributed by atoms with Crippen molar-refractivity contribution < 1.29 is 9.15 Å². The molecule has 0 spiro atoms. The van der Waals surface area contributed by atoms with Gasteiger partial charge in [0.05, 0.1) is 13.2 Å². The summed E-state index contributed by atoms with van der Waals surface area (Å²) >= 11 is 0. The number of hydrogen-bond acceptors (Lipinski definition) is 5. The lowest BCUT2D eigenvalue weighted by atomic mass is 10.5. The van der Waals surface area contributed by atoms with Crippen LogP contribution in [0.4, 0.5) is 0 Å². The van der Waals surface area contributed by atoms with Gasteiger partial charge in [0.1, 0.15) is 0 Å². The van der Waals surface area contributed by atoms with E-state index in [1.807, 2.05) is 7.05 Å². The van der Waals surface area contributed by atoms with Gasteiger partial charge in [0, 0.05) is 13.5 Å². The molecular formula is C7H13N3O2. The lowest BCUT2D eigenvalue weighted by Crippen LogP contribution is -2.04. The van der Waals surface area contributed by atoms with Crippen molar-refractivity contribution >= 4 is 0 Å². The standard InChI is InChI=1S/C7H13N3O2/c1-8-5-7-10-9-6(12-7)3-4-11-2/h8H,3-5H2,1-2H3. The summed E-state index contributed by atoms with van der Waals surface area (Å²) in [6.07, 6.45) is 0.674. The molecule has 0 amide bonds.